The van der Waals surface area contributed by atoms with Gasteiger partial charge in [-0.25, -0.2) is 4.57 Å². The number of carbonyl (C=O) groups is 1. The molecule has 0 saturated carbocycles. The highest BCUT2D eigenvalue weighted by Gasteiger charge is 2.27. The highest BCUT2D eigenvalue weighted by Crippen LogP contribution is 2.43. The van der Waals surface area contributed by atoms with Crippen molar-refractivity contribution in [3.63, 3.8) is 0 Å². The molecule has 0 heterocycles. The van der Waals surface area contributed by atoms with Crippen molar-refractivity contribution in [2.24, 2.45) is 0 Å². The van der Waals surface area contributed by atoms with Crippen LogP contribution in [0.5, 0.6) is 0 Å². The van der Waals surface area contributed by atoms with Gasteiger partial charge in [0, 0.05) is 6.42 Å². The van der Waals surface area contributed by atoms with Crippen LogP contribution in [0.15, 0.2) is 85.1 Å². The number of amides is 1. The van der Waals surface area contributed by atoms with Crippen LogP contribution in [0.3, 0.4) is 0 Å². The molecule has 3 unspecified atom stereocenters. The summed E-state index contributed by atoms with van der Waals surface area (Å²) in [5.41, 5.74) is 0. The van der Waals surface area contributed by atoms with E-state index in [2.05, 4.69) is 92.1 Å². The largest absolute Gasteiger partial charge is 0.472 e. The number of unbranched alkanes of at least 4 members (excludes halogenated alkanes) is 22. The van der Waals surface area contributed by atoms with Gasteiger partial charge in [-0.15, -0.1) is 0 Å². The zero-order valence-electron chi connectivity index (χ0n) is 42.7. The maximum Gasteiger partial charge on any atom is 0.472 e. The molecule has 0 aliphatic carbocycles. The van der Waals surface area contributed by atoms with Crippen LogP contribution in [0.25, 0.3) is 0 Å². The lowest BCUT2D eigenvalue weighted by molar-refractivity contribution is -0.870. The Morgan fingerprint density at radius 2 is 0.938 bits per heavy atom. The summed E-state index contributed by atoms with van der Waals surface area (Å²) in [6, 6.07) is -0.875. The van der Waals surface area contributed by atoms with Gasteiger partial charge in [-0.05, 0) is 77.0 Å². The van der Waals surface area contributed by atoms with Crippen molar-refractivity contribution in [3.8, 4) is 0 Å². The Balaban J connectivity index is 4.38. The number of carbonyl (C=O) groups excluding carboxylic acids is 1. The number of likely N-dealkylation sites (N-methyl/N-ethyl adjacent to an activating group) is 1. The lowest BCUT2D eigenvalue weighted by atomic mass is 10.0. The van der Waals surface area contributed by atoms with Crippen LogP contribution in [0.4, 0.5) is 0 Å². The number of hydrogen-bond donors (Lipinski definition) is 3. The fourth-order valence-electron chi connectivity index (χ4n) is 7.20. The number of rotatable bonds is 47. The van der Waals surface area contributed by atoms with Crippen molar-refractivity contribution in [1.29, 1.82) is 0 Å². The Morgan fingerprint density at radius 3 is 1.42 bits per heavy atom. The lowest BCUT2D eigenvalue weighted by Crippen LogP contribution is -2.45. The monoisotopic (exact) mass is 930 g/mol. The molecule has 0 aromatic heterocycles. The number of nitrogens with one attached hydrogen (secondary N) is 1. The molecule has 3 N–H and O–H groups in total. The lowest BCUT2D eigenvalue weighted by Gasteiger charge is -2.25. The van der Waals surface area contributed by atoms with Gasteiger partial charge < -0.3 is 19.8 Å². The molecule has 0 spiro atoms. The minimum atomic E-state index is -4.36. The number of allylic oxidation sites excluding steroid dienone is 13. The fourth-order valence-corrected chi connectivity index (χ4v) is 7.94. The van der Waals surface area contributed by atoms with E-state index in [0.717, 1.165) is 83.5 Å². The molecule has 0 aromatic carbocycles. The van der Waals surface area contributed by atoms with Crippen LogP contribution in [0, 0.1) is 0 Å². The van der Waals surface area contributed by atoms with E-state index < -0.39 is 20.0 Å². The molecule has 0 aromatic rings. The van der Waals surface area contributed by atoms with E-state index in [9.17, 15) is 19.4 Å². The van der Waals surface area contributed by atoms with Gasteiger partial charge in [0.05, 0.1) is 39.9 Å². The Kier molecular flexibility index (Phi) is 45.1. The Hall–Kier alpha value is -2.32. The van der Waals surface area contributed by atoms with Gasteiger partial charge in [-0.1, -0.05) is 214 Å². The maximum absolute atomic E-state index is 12.9. The molecule has 8 nitrogen and oxygen atoms in total. The van der Waals surface area contributed by atoms with Gasteiger partial charge in [0.2, 0.25) is 5.91 Å². The molecule has 0 aliphatic rings. The maximum atomic E-state index is 12.9. The number of hydrogen-bond acceptors (Lipinski definition) is 5. The SMILES string of the molecule is CC/C=C\C/C=C\C/C=C\C/C=C\C/C=C\CCCCCCCCCC(=O)NC(COP(=O)(O)OCC[N+](C)(C)C)C(O)/C=C/CC/C=C/CCCCCCCCCCCCCCCC. The summed E-state index contributed by atoms with van der Waals surface area (Å²) < 4.78 is 23.6. The molecule has 0 aliphatic heterocycles. The summed E-state index contributed by atoms with van der Waals surface area (Å²) in [7, 11) is 1.54. The van der Waals surface area contributed by atoms with Gasteiger partial charge in [0.1, 0.15) is 13.2 Å². The van der Waals surface area contributed by atoms with Crippen LogP contribution >= 0.6 is 7.82 Å². The fraction of sp³-hybridized carbons (Fsp3) is 0.732. The summed E-state index contributed by atoms with van der Waals surface area (Å²) in [6.07, 6.45) is 65.2. The highest BCUT2D eigenvalue weighted by molar-refractivity contribution is 7.47. The smallest absolute Gasteiger partial charge is 0.387 e. The first-order valence-electron chi connectivity index (χ1n) is 26.5. The molecule has 0 bridgehead atoms. The number of aliphatic hydroxyl groups is 1. The number of nitrogens with zero attached hydrogens (tertiary/aromatic N) is 1. The van der Waals surface area contributed by atoms with Crippen LogP contribution in [-0.2, 0) is 18.4 Å². The van der Waals surface area contributed by atoms with Crippen molar-refractivity contribution in [1.82, 2.24) is 5.32 Å². The van der Waals surface area contributed by atoms with Gasteiger partial charge in [0.25, 0.3) is 0 Å². The van der Waals surface area contributed by atoms with Gasteiger partial charge in [0.15, 0.2) is 0 Å². The van der Waals surface area contributed by atoms with Crippen molar-refractivity contribution >= 4 is 13.7 Å². The minimum absolute atomic E-state index is 0.0496. The summed E-state index contributed by atoms with van der Waals surface area (Å²) >= 11 is 0. The van der Waals surface area contributed by atoms with Crippen LogP contribution in [0.1, 0.15) is 213 Å². The van der Waals surface area contributed by atoms with Gasteiger partial charge in [-0.3, -0.25) is 13.8 Å². The Labute approximate surface area is 401 Å². The molecule has 0 radical (unpaired) electrons. The first-order valence-corrected chi connectivity index (χ1v) is 28.0. The predicted molar refractivity (Wildman–Crippen MR) is 281 cm³/mol. The second-order valence-electron chi connectivity index (χ2n) is 18.9. The number of phosphoric ester groups is 1. The molecule has 376 valence electrons. The summed E-state index contributed by atoms with van der Waals surface area (Å²) in [5.74, 6) is -0.201. The molecular weight excluding hydrogens is 828 g/mol. The van der Waals surface area contributed by atoms with Crippen molar-refractivity contribution in [2.45, 2.75) is 225 Å². The van der Waals surface area contributed by atoms with Crippen molar-refractivity contribution < 1.29 is 32.9 Å². The average molecular weight is 930 g/mol. The van der Waals surface area contributed by atoms with E-state index in [4.69, 9.17) is 9.05 Å². The van der Waals surface area contributed by atoms with E-state index in [0.29, 0.717) is 17.4 Å². The third-order valence-corrected chi connectivity index (χ3v) is 12.3. The summed E-state index contributed by atoms with van der Waals surface area (Å²) in [5, 5.41) is 13.9. The normalized spacial score (nSPS) is 14.8. The third-order valence-electron chi connectivity index (χ3n) is 11.3. The molecule has 0 rings (SSSR count). The highest BCUT2D eigenvalue weighted by atomic mass is 31.2. The molecular formula is C56H102N2O6P+. The summed E-state index contributed by atoms with van der Waals surface area (Å²) in [4.78, 5) is 23.2. The molecule has 1 amide bonds. The minimum Gasteiger partial charge on any atom is -0.387 e. The molecule has 65 heavy (non-hydrogen) atoms. The number of phosphoric acid groups is 1. The van der Waals surface area contributed by atoms with E-state index in [1.54, 1.807) is 6.08 Å². The molecule has 0 saturated heterocycles. The average Bonchev–Trinajstić information content (AvgIpc) is 3.26. The van der Waals surface area contributed by atoms with E-state index in [1.807, 2.05) is 27.2 Å². The molecule has 9 heteroatoms. The van der Waals surface area contributed by atoms with Crippen LogP contribution < -0.4 is 5.32 Å². The van der Waals surface area contributed by atoms with Crippen molar-refractivity contribution in [2.75, 3.05) is 40.9 Å². The van der Waals surface area contributed by atoms with Gasteiger partial charge >= 0.3 is 7.82 Å². The second-order valence-corrected chi connectivity index (χ2v) is 20.3. The zero-order valence-corrected chi connectivity index (χ0v) is 43.6. The predicted octanol–water partition coefficient (Wildman–Crippen LogP) is 15.7. The standard InChI is InChI=1S/C56H101N2O6P/c1-6-8-10-12-14-16-18-20-22-24-26-28-29-30-32-34-36-38-40-42-44-46-48-50-56(60)57-54(53-64-65(61,62)63-52-51-58(3,4)5)55(59)49-47-45-43-41-39-37-35-33-31-27-25-23-21-19-17-15-13-11-9-7-2/h8,10,14,16,20,22,26,28,30,32,39,41,47,49,54-55,59H,6-7,9,11-13,15,17-19,21,23-25,27,29,31,33-38,40,42-46,48,50-53H2,1-5H3,(H-,57,60,61,62)/p+1/b10-8-,16-14-,22-20-,28-26-,32-30-,41-39+,49-47+. The van der Waals surface area contributed by atoms with E-state index in [1.165, 1.54) is 109 Å². The molecule has 0 fully saturated rings. The van der Waals surface area contributed by atoms with Crippen LogP contribution in [0.2, 0.25) is 0 Å². The Bertz CT molecular complexity index is 1330. The Morgan fingerprint density at radius 1 is 0.538 bits per heavy atom. The van der Waals surface area contributed by atoms with Gasteiger partial charge in [-0.2, -0.15) is 0 Å². The third kappa shape index (κ3) is 49.4. The quantitative estimate of drug-likeness (QED) is 0.0243. The van der Waals surface area contributed by atoms with E-state index in [-0.39, 0.29) is 19.1 Å². The second kappa shape index (κ2) is 46.8. The topological polar surface area (TPSA) is 105 Å². The van der Waals surface area contributed by atoms with Crippen LogP contribution in [-0.4, -0.2) is 73.4 Å². The first-order chi connectivity index (χ1) is 31.5. The number of aliphatic hydroxyl groups excluding tert-OH is 1. The zero-order chi connectivity index (χ0) is 47.8. The first kappa shape index (κ1) is 62.7. The van der Waals surface area contributed by atoms with E-state index >= 15 is 0 Å². The van der Waals surface area contributed by atoms with Crippen molar-refractivity contribution in [3.05, 3.63) is 85.1 Å². The summed E-state index contributed by atoms with van der Waals surface area (Å²) in [6.45, 7) is 4.67. The molecule has 3 atom stereocenters. The number of quaternary nitrogens is 1.